The Morgan fingerprint density at radius 2 is 1.74 bits per heavy atom. The number of nitrogens with one attached hydrogen (secondary N) is 1. The summed E-state index contributed by atoms with van der Waals surface area (Å²) in [4.78, 5) is 25.1. The van der Waals surface area contributed by atoms with Crippen molar-refractivity contribution < 1.29 is 14.6 Å². The van der Waals surface area contributed by atoms with E-state index in [1.54, 1.807) is 18.2 Å². The third-order valence-corrected chi connectivity index (χ3v) is 7.24. The number of hydrogen-bond acceptors (Lipinski definition) is 6. The average molecular weight is 523 g/mol. The maximum Gasteiger partial charge on any atom is 0.258 e. The maximum absolute atomic E-state index is 14.0. The first kappa shape index (κ1) is 26.4. The molecule has 2 atom stereocenters. The molecule has 2 heterocycles. The second-order valence-corrected chi connectivity index (χ2v) is 9.76. The molecule has 200 valence electrons. The Kier molecular flexibility index (Phi) is 8.48. The first-order valence-electron chi connectivity index (χ1n) is 13.5. The number of hydrogen-bond donors (Lipinski definition) is 2. The molecule has 5 rings (SSSR count). The highest BCUT2D eigenvalue weighted by molar-refractivity contribution is 6.00. The highest BCUT2D eigenvalue weighted by atomic mass is 16.5. The third kappa shape index (κ3) is 6.26. The molecular formula is C32H34N4O3. The molecule has 0 spiro atoms. The van der Waals surface area contributed by atoms with Crippen LogP contribution in [0.5, 0.6) is 5.75 Å². The monoisotopic (exact) mass is 522 g/mol. The summed E-state index contributed by atoms with van der Waals surface area (Å²) in [5.74, 6) is 1.04. The Bertz CT molecular complexity index is 1360. The molecule has 0 aliphatic carbocycles. The van der Waals surface area contributed by atoms with E-state index < -0.39 is 6.10 Å². The number of anilines is 1. The van der Waals surface area contributed by atoms with Crippen molar-refractivity contribution in [3.8, 4) is 17.0 Å². The number of rotatable bonds is 9. The quantitative estimate of drug-likeness (QED) is 0.300. The molecule has 0 radical (unpaired) electrons. The molecule has 39 heavy (non-hydrogen) atoms. The van der Waals surface area contributed by atoms with Crippen molar-refractivity contribution in [3.63, 3.8) is 0 Å². The number of aliphatic hydroxyl groups is 1. The largest absolute Gasteiger partial charge is 0.497 e. The molecular weight excluding hydrogens is 488 g/mol. The van der Waals surface area contributed by atoms with Crippen LogP contribution >= 0.6 is 0 Å². The molecule has 2 N–H and O–H groups in total. The third-order valence-electron chi connectivity index (χ3n) is 7.24. The van der Waals surface area contributed by atoms with Crippen molar-refractivity contribution in [2.75, 3.05) is 25.5 Å². The van der Waals surface area contributed by atoms with Gasteiger partial charge in [0.2, 0.25) is 5.95 Å². The van der Waals surface area contributed by atoms with Crippen molar-refractivity contribution >= 4 is 11.9 Å². The minimum Gasteiger partial charge on any atom is -0.497 e. The number of ether oxygens (including phenoxy) is 1. The van der Waals surface area contributed by atoms with Crippen LogP contribution in [-0.2, 0) is 6.42 Å². The smallest absolute Gasteiger partial charge is 0.258 e. The highest BCUT2D eigenvalue weighted by Crippen LogP contribution is 2.32. The Morgan fingerprint density at radius 3 is 2.46 bits per heavy atom. The van der Waals surface area contributed by atoms with Gasteiger partial charge in [0, 0.05) is 24.8 Å². The Balaban J connectivity index is 1.40. The summed E-state index contributed by atoms with van der Waals surface area (Å²) in [6.07, 6.45) is 4.21. The second-order valence-electron chi connectivity index (χ2n) is 9.76. The summed E-state index contributed by atoms with van der Waals surface area (Å²) in [5.41, 5.74) is 3.85. The normalized spacial score (nSPS) is 15.9. The predicted molar refractivity (Wildman–Crippen MR) is 153 cm³/mol. The van der Waals surface area contributed by atoms with Crippen molar-refractivity contribution in [1.82, 2.24) is 14.9 Å². The molecule has 2 unspecified atom stereocenters. The van der Waals surface area contributed by atoms with Gasteiger partial charge in [0.1, 0.15) is 5.75 Å². The Morgan fingerprint density at radius 1 is 1.03 bits per heavy atom. The van der Waals surface area contributed by atoms with Crippen LogP contribution in [0.4, 0.5) is 5.95 Å². The fraction of sp³-hybridized carbons (Fsp3) is 0.281. The summed E-state index contributed by atoms with van der Waals surface area (Å²) in [7, 11) is 1.61. The Hall–Kier alpha value is -4.23. The molecule has 7 nitrogen and oxygen atoms in total. The highest BCUT2D eigenvalue weighted by Gasteiger charge is 2.34. The first-order valence-corrected chi connectivity index (χ1v) is 13.5. The summed E-state index contributed by atoms with van der Waals surface area (Å²) >= 11 is 0. The zero-order chi connectivity index (χ0) is 27.0. The summed E-state index contributed by atoms with van der Waals surface area (Å²) in [6, 6.07) is 27.0. The number of carbonyl (C=O) groups is 1. The zero-order valence-electron chi connectivity index (χ0n) is 22.2. The lowest BCUT2D eigenvalue weighted by Gasteiger charge is -2.39. The number of amides is 1. The van der Waals surface area contributed by atoms with Crippen LogP contribution < -0.4 is 10.1 Å². The van der Waals surface area contributed by atoms with Gasteiger partial charge < -0.3 is 20.1 Å². The molecule has 1 aliphatic heterocycles. The van der Waals surface area contributed by atoms with Gasteiger partial charge in [0.05, 0.1) is 30.5 Å². The lowest BCUT2D eigenvalue weighted by Crippen LogP contribution is -2.47. The van der Waals surface area contributed by atoms with Crippen LogP contribution in [0.15, 0.2) is 91.1 Å². The lowest BCUT2D eigenvalue weighted by molar-refractivity contribution is 0.0212. The van der Waals surface area contributed by atoms with E-state index in [4.69, 9.17) is 9.72 Å². The minimum absolute atomic E-state index is 0.165. The number of aliphatic hydroxyl groups excluding tert-OH is 1. The van der Waals surface area contributed by atoms with Gasteiger partial charge in [-0.2, -0.15) is 0 Å². The van der Waals surface area contributed by atoms with Gasteiger partial charge in [-0.15, -0.1) is 0 Å². The van der Waals surface area contributed by atoms with Gasteiger partial charge in [-0.25, -0.2) is 9.97 Å². The fourth-order valence-corrected chi connectivity index (χ4v) is 5.12. The standard InChI is InChI=1S/C32H34N4O3/c1-39-26-17-15-25(16-18-26)30(37)28-14-8-9-21-36(28)31(38)27-22-34-32(33-20-19-23-10-4-2-5-11-23)35-29(27)24-12-6-3-7-13-24/h2-7,10-13,15-18,22,28,30,37H,8-9,14,19-21H2,1H3,(H,33,34,35). The Labute approximate surface area is 229 Å². The molecule has 1 aliphatic rings. The topological polar surface area (TPSA) is 87.6 Å². The molecule has 4 aromatic rings. The zero-order valence-corrected chi connectivity index (χ0v) is 22.2. The van der Waals surface area contributed by atoms with Crippen LogP contribution in [0.25, 0.3) is 11.3 Å². The van der Waals surface area contributed by atoms with E-state index in [-0.39, 0.29) is 11.9 Å². The molecule has 0 saturated carbocycles. The number of methoxy groups -OCH3 is 1. The van der Waals surface area contributed by atoms with Gasteiger partial charge in [-0.3, -0.25) is 4.79 Å². The van der Waals surface area contributed by atoms with Crippen LogP contribution in [-0.4, -0.2) is 52.1 Å². The molecule has 7 heteroatoms. The van der Waals surface area contributed by atoms with Gasteiger partial charge in [-0.1, -0.05) is 72.8 Å². The SMILES string of the molecule is COc1ccc(C(O)C2CCCCN2C(=O)c2cnc(NCCc3ccccc3)nc2-c2ccccc2)cc1. The van der Waals surface area contributed by atoms with Crippen molar-refractivity contribution in [2.24, 2.45) is 0 Å². The number of aromatic nitrogens is 2. The molecule has 1 amide bonds. The van der Waals surface area contributed by atoms with Crippen LogP contribution in [0.2, 0.25) is 0 Å². The summed E-state index contributed by atoms with van der Waals surface area (Å²) < 4.78 is 5.26. The molecule has 1 fully saturated rings. The maximum atomic E-state index is 14.0. The van der Waals surface area contributed by atoms with Gasteiger partial charge >= 0.3 is 0 Å². The van der Waals surface area contributed by atoms with E-state index in [9.17, 15) is 9.90 Å². The number of piperidine rings is 1. The number of benzene rings is 3. The number of nitrogens with zero attached hydrogens (tertiary/aromatic N) is 3. The van der Waals surface area contributed by atoms with E-state index in [1.807, 2.05) is 72.8 Å². The second kappa shape index (κ2) is 12.5. The summed E-state index contributed by atoms with van der Waals surface area (Å²) in [5, 5.41) is 14.6. The minimum atomic E-state index is -0.805. The van der Waals surface area contributed by atoms with E-state index >= 15 is 0 Å². The van der Waals surface area contributed by atoms with E-state index in [0.717, 1.165) is 42.6 Å². The number of likely N-dealkylation sites (tertiary alicyclic amines) is 1. The fourth-order valence-electron chi connectivity index (χ4n) is 5.12. The van der Waals surface area contributed by atoms with Crippen LogP contribution in [0.1, 0.15) is 46.9 Å². The first-order chi connectivity index (χ1) is 19.1. The van der Waals surface area contributed by atoms with Gasteiger partial charge in [-0.05, 0) is 48.9 Å². The van der Waals surface area contributed by atoms with Crippen LogP contribution in [0, 0.1) is 0 Å². The van der Waals surface area contributed by atoms with Gasteiger partial charge in [0.25, 0.3) is 5.91 Å². The summed E-state index contributed by atoms with van der Waals surface area (Å²) in [6.45, 7) is 1.25. The van der Waals surface area contributed by atoms with E-state index in [0.29, 0.717) is 30.3 Å². The number of carbonyl (C=O) groups excluding carboxylic acids is 1. The lowest BCUT2D eigenvalue weighted by atomic mass is 9.92. The average Bonchev–Trinajstić information content (AvgIpc) is 3.01. The van der Waals surface area contributed by atoms with Crippen molar-refractivity contribution in [3.05, 3.63) is 108 Å². The van der Waals surface area contributed by atoms with E-state index in [2.05, 4.69) is 22.4 Å². The van der Waals surface area contributed by atoms with Crippen molar-refractivity contribution in [1.29, 1.82) is 0 Å². The predicted octanol–water partition coefficient (Wildman–Crippen LogP) is 5.54. The van der Waals surface area contributed by atoms with Crippen molar-refractivity contribution in [2.45, 2.75) is 37.8 Å². The molecule has 0 bridgehead atoms. The molecule has 3 aromatic carbocycles. The van der Waals surface area contributed by atoms with Gasteiger partial charge in [0.15, 0.2) is 0 Å². The molecule has 1 aromatic heterocycles. The van der Waals surface area contributed by atoms with E-state index in [1.165, 1.54) is 5.56 Å². The molecule has 1 saturated heterocycles. The van der Waals surface area contributed by atoms with Crippen LogP contribution in [0.3, 0.4) is 0 Å².